The second-order valence-corrected chi connectivity index (χ2v) is 1.84. The predicted octanol–water partition coefficient (Wildman–Crippen LogP) is 0.788. The number of ether oxygens (including phenoxy) is 1. The van der Waals surface area contributed by atoms with E-state index in [-0.39, 0.29) is 6.61 Å². The second-order valence-electron chi connectivity index (χ2n) is 1.84. The monoisotopic (exact) mass is 136 g/mol. The van der Waals surface area contributed by atoms with Crippen LogP contribution in [-0.2, 0) is 6.61 Å². The van der Waals surface area contributed by atoms with Gasteiger partial charge in [-0.3, -0.25) is 0 Å². The van der Waals surface area contributed by atoms with Crippen molar-refractivity contribution in [3.63, 3.8) is 0 Å². The van der Waals surface area contributed by atoms with E-state index >= 15 is 0 Å². The molecule has 2 nitrogen and oxygen atoms in total. The summed E-state index contributed by atoms with van der Waals surface area (Å²) in [6.45, 7) is 0.000490. The molecule has 0 radical (unpaired) electrons. The maximum Gasteiger partial charge on any atom is 0.169 e. The van der Waals surface area contributed by atoms with Gasteiger partial charge in [0.25, 0.3) is 0 Å². The van der Waals surface area contributed by atoms with Crippen LogP contribution in [0.2, 0.25) is 0 Å². The maximum atomic E-state index is 8.61. The minimum atomic E-state index is 0.000490. The number of hydrogen-bond acceptors (Lipinski definition) is 2. The Labute approximate surface area is 60.1 Å². The third-order valence-electron chi connectivity index (χ3n) is 1.17. The quantitative estimate of drug-likeness (QED) is 0.651. The molecule has 0 atom stereocenters. The Hall–Kier alpha value is -1.20. The Morgan fingerprint density at radius 3 is 2.70 bits per heavy atom. The van der Waals surface area contributed by atoms with Gasteiger partial charge in [-0.05, 0) is 18.2 Å². The van der Waals surface area contributed by atoms with Crippen molar-refractivity contribution in [2.24, 2.45) is 0 Å². The van der Waals surface area contributed by atoms with Crippen molar-refractivity contribution in [3.8, 4) is 5.75 Å². The number of rotatable bonds is 2. The second kappa shape index (κ2) is 3.09. The summed E-state index contributed by atoms with van der Waals surface area (Å²) in [7, 11) is 1.57. The Balaban J connectivity index is 2.80. The van der Waals surface area contributed by atoms with Crippen molar-refractivity contribution in [1.82, 2.24) is 0 Å². The van der Waals surface area contributed by atoms with Crippen LogP contribution >= 0.6 is 0 Å². The first-order chi connectivity index (χ1) is 4.86. The first-order valence-corrected chi connectivity index (χ1v) is 2.94. The zero-order valence-corrected chi connectivity index (χ0v) is 5.72. The van der Waals surface area contributed by atoms with Crippen LogP contribution in [0.3, 0.4) is 0 Å². The molecule has 0 aromatic heterocycles. The fraction of sp³-hybridized carbons (Fsp3) is 0.250. The molecule has 2 heteroatoms. The Morgan fingerprint density at radius 1 is 1.50 bits per heavy atom. The summed E-state index contributed by atoms with van der Waals surface area (Å²) < 4.78 is 4.85. The van der Waals surface area contributed by atoms with Gasteiger partial charge in [0, 0.05) is 5.56 Å². The van der Waals surface area contributed by atoms with Gasteiger partial charge in [0.2, 0.25) is 0 Å². The van der Waals surface area contributed by atoms with Crippen LogP contribution in [0, 0.1) is 12.1 Å². The van der Waals surface area contributed by atoms with E-state index < -0.39 is 0 Å². The molecule has 10 heavy (non-hydrogen) atoms. The summed E-state index contributed by atoms with van der Waals surface area (Å²) in [5.74, 6) is 0.636. The third-order valence-corrected chi connectivity index (χ3v) is 1.17. The molecule has 0 heterocycles. The first kappa shape index (κ1) is 6.91. The number of methoxy groups -OCH3 is 1. The van der Waals surface area contributed by atoms with Crippen molar-refractivity contribution >= 4 is 0 Å². The molecule has 0 aliphatic heterocycles. The molecule has 0 spiro atoms. The van der Waals surface area contributed by atoms with Crippen LogP contribution in [0.1, 0.15) is 5.56 Å². The standard InChI is InChI=1S/C8H8O2/c1-10-8-4-2-7(6-9)3-5-8/h2,4,9H,6H2,1H3. The Bertz CT molecular complexity index is 168. The fourth-order valence-corrected chi connectivity index (χ4v) is 0.613. The smallest absolute Gasteiger partial charge is 0.169 e. The predicted molar refractivity (Wildman–Crippen MR) is 36.6 cm³/mol. The van der Waals surface area contributed by atoms with Crippen molar-refractivity contribution in [2.75, 3.05) is 7.11 Å². The molecular formula is C8H8O2. The lowest BCUT2D eigenvalue weighted by atomic mass is 10.3. The largest absolute Gasteiger partial charge is 0.489 e. The molecule has 0 aliphatic carbocycles. The normalized spacial score (nSPS) is 8.60. The number of aliphatic hydroxyl groups excluding tert-OH is 1. The summed E-state index contributed by atoms with van der Waals surface area (Å²) in [6, 6.07) is 8.95. The highest BCUT2D eigenvalue weighted by Crippen LogP contribution is 2.04. The fourth-order valence-electron chi connectivity index (χ4n) is 0.613. The molecule has 0 saturated carbocycles. The Kier molecular flexibility index (Phi) is 2.14. The first-order valence-electron chi connectivity index (χ1n) is 2.94. The van der Waals surface area contributed by atoms with Crippen LogP contribution in [0.25, 0.3) is 0 Å². The molecule has 1 rings (SSSR count). The lowest BCUT2D eigenvalue weighted by molar-refractivity contribution is 0.281. The topological polar surface area (TPSA) is 29.5 Å². The van der Waals surface area contributed by atoms with Gasteiger partial charge in [0.1, 0.15) is 0 Å². The van der Waals surface area contributed by atoms with Gasteiger partial charge in [-0.2, -0.15) is 0 Å². The molecule has 0 amide bonds. The highest BCUT2D eigenvalue weighted by molar-refractivity contribution is 5.19. The van der Waals surface area contributed by atoms with E-state index in [1.54, 1.807) is 19.2 Å². The summed E-state index contributed by atoms with van der Waals surface area (Å²) >= 11 is 0. The van der Waals surface area contributed by atoms with Crippen LogP contribution in [-0.4, -0.2) is 12.2 Å². The van der Waals surface area contributed by atoms with Crippen molar-refractivity contribution in [2.45, 2.75) is 6.61 Å². The lowest BCUT2D eigenvalue weighted by Crippen LogP contribution is -1.82. The van der Waals surface area contributed by atoms with Gasteiger partial charge in [0.05, 0.1) is 13.7 Å². The summed E-state index contributed by atoms with van der Waals surface area (Å²) in [6.07, 6.45) is 0. The van der Waals surface area contributed by atoms with Gasteiger partial charge in [0.15, 0.2) is 5.75 Å². The van der Waals surface area contributed by atoms with E-state index in [9.17, 15) is 0 Å². The van der Waals surface area contributed by atoms with Crippen LogP contribution in [0.5, 0.6) is 5.75 Å². The summed E-state index contributed by atoms with van der Waals surface area (Å²) in [5, 5.41) is 8.61. The van der Waals surface area contributed by atoms with Crippen molar-refractivity contribution in [3.05, 3.63) is 29.8 Å². The van der Waals surface area contributed by atoms with E-state index in [1.165, 1.54) is 0 Å². The van der Waals surface area contributed by atoms with Gasteiger partial charge in [-0.15, -0.1) is 0 Å². The minimum absolute atomic E-state index is 0.000490. The highest BCUT2D eigenvalue weighted by atomic mass is 16.5. The third kappa shape index (κ3) is 1.40. The van der Waals surface area contributed by atoms with Crippen LogP contribution in [0.15, 0.2) is 12.1 Å². The number of aliphatic hydroxyl groups is 1. The molecular weight excluding hydrogens is 128 g/mol. The van der Waals surface area contributed by atoms with Gasteiger partial charge < -0.3 is 9.84 Å². The maximum absolute atomic E-state index is 8.61. The minimum Gasteiger partial charge on any atom is -0.489 e. The molecule has 1 aromatic carbocycles. The van der Waals surface area contributed by atoms with E-state index in [0.29, 0.717) is 5.75 Å². The lowest BCUT2D eigenvalue weighted by Gasteiger charge is -1.93. The van der Waals surface area contributed by atoms with E-state index in [0.717, 1.165) is 5.56 Å². The van der Waals surface area contributed by atoms with Gasteiger partial charge in [-0.25, -0.2) is 0 Å². The Morgan fingerprint density at radius 2 is 2.30 bits per heavy atom. The van der Waals surface area contributed by atoms with Crippen LogP contribution in [0.4, 0.5) is 0 Å². The molecule has 1 aromatic rings. The molecule has 0 saturated heterocycles. The molecule has 1 N–H and O–H groups in total. The highest BCUT2D eigenvalue weighted by Gasteiger charge is 1.87. The molecule has 0 bridgehead atoms. The van der Waals surface area contributed by atoms with Crippen molar-refractivity contribution < 1.29 is 9.84 Å². The SMILES string of the molecule is COc1c#cc(CO)cc1. The zero-order valence-electron chi connectivity index (χ0n) is 5.72. The van der Waals surface area contributed by atoms with Crippen molar-refractivity contribution in [1.29, 1.82) is 0 Å². The molecule has 0 aliphatic rings. The molecule has 52 valence electrons. The van der Waals surface area contributed by atoms with E-state index in [4.69, 9.17) is 9.84 Å². The summed E-state index contributed by atoms with van der Waals surface area (Å²) in [4.78, 5) is 0. The average molecular weight is 136 g/mol. The zero-order chi connectivity index (χ0) is 7.40. The average Bonchev–Trinajstić information content (AvgIpc) is 2.05. The van der Waals surface area contributed by atoms with E-state index in [1.807, 2.05) is 0 Å². The molecule has 0 fully saturated rings. The number of hydrogen-bond donors (Lipinski definition) is 1. The van der Waals surface area contributed by atoms with E-state index in [2.05, 4.69) is 12.1 Å². The van der Waals surface area contributed by atoms with Gasteiger partial charge >= 0.3 is 0 Å². The summed E-state index contributed by atoms with van der Waals surface area (Å²) in [5.41, 5.74) is 0.723. The molecule has 0 unspecified atom stereocenters. The van der Waals surface area contributed by atoms with Crippen LogP contribution < -0.4 is 4.74 Å². The van der Waals surface area contributed by atoms with Gasteiger partial charge in [-0.1, -0.05) is 6.07 Å².